The number of carbonyl (C=O) groups is 2. The van der Waals surface area contributed by atoms with Gasteiger partial charge in [0, 0.05) is 24.9 Å². The molecule has 0 fully saturated rings. The molecule has 0 aliphatic carbocycles. The topological polar surface area (TPSA) is 110 Å². The average Bonchev–Trinajstić information content (AvgIpc) is 2.63. The van der Waals surface area contributed by atoms with Crippen molar-refractivity contribution < 1.29 is 9.59 Å². The number of para-hydroxylation sites is 1. The van der Waals surface area contributed by atoms with Crippen molar-refractivity contribution in [2.75, 3.05) is 16.4 Å². The Balaban J connectivity index is 1.91. The average molecular weight is 382 g/mol. The number of halogens is 1. The van der Waals surface area contributed by atoms with Gasteiger partial charge in [-0.05, 0) is 35.9 Å². The van der Waals surface area contributed by atoms with Crippen LogP contribution in [-0.4, -0.2) is 21.8 Å². The fourth-order valence-corrected chi connectivity index (χ4v) is 2.61. The number of aromatic nitrogens is 2. The van der Waals surface area contributed by atoms with Gasteiger partial charge in [-0.2, -0.15) is 0 Å². The zero-order valence-electron chi connectivity index (χ0n) is 14.4. The van der Waals surface area contributed by atoms with Crippen molar-refractivity contribution in [2.24, 2.45) is 0 Å². The maximum atomic E-state index is 12.6. The molecule has 1 aromatic carbocycles. The Morgan fingerprint density at radius 2 is 1.81 bits per heavy atom. The lowest BCUT2D eigenvalue weighted by atomic mass is 10.1. The van der Waals surface area contributed by atoms with E-state index in [9.17, 15) is 9.59 Å². The second kappa shape index (κ2) is 7.84. The molecule has 3 rings (SSSR count). The molecule has 0 saturated carbocycles. The van der Waals surface area contributed by atoms with Crippen LogP contribution in [0.1, 0.15) is 17.3 Å². The van der Waals surface area contributed by atoms with E-state index in [1.807, 2.05) is 0 Å². The Kier molecular flexibility index (Phi) is 5.33. The number of hydrogen-bond acceptors (Lipinski definition) is 5. The minimum atomic E-state index is -0.425. The molecule has 0 spiro atoms. The fourth-order valence-electron chi connectivity index (χ4n) is 2.43. The van der Waals surface area contributed by atoms with Crippen molar-refractivity contribution in [1.82, 2.24) is 9.97 Å². The summed E-state index contributed by atoms with van der Waals surface area (Å²) >= 11 is 6.08. The Morgan fingerprint density at radius 3 is 2.56 bits per heavy atom. The molecule has 2 heterocycles. The van der Waals surface area contributed by atoms with Crippen LogP contribution < -0.4 is 16.4 Å². The van der Waals surface area contributed by atoms with Crippen LogP contribution in [-0.2, 0) is 4.79 Å². The number of benzene rings is 1. The molecule has 0 aliphatic rings. The van der Waals surface area contributed by atoms with Gasteiger partial charge in [-0.25, -0.2) is 9.97 Å². The maximum Gasteiger partial charge on any atom is 0.259 e. The van der Waals surface area contributed by atoms with Crippen LogP contribution in [0.25, 0.3) is 11.1 Å². The first-order valence-electron chi connectivity index (χ1n) is 7.99. The van der Waals surface area contributed by atoms with Crippen LogP contribution in [0.3, 0.4) is 0 Å². The van der Waals surface area contributed by atoms with Gasteiger partial charge in [0.2, 0.25) is 5.91 Å². The molecule has 0 unspecified atom stereocenters. The molecule has 0 bridgehead atoms. The van der Waals surface area contributed by atoms with Gasteiger partial charge in [0.15, 0.2) is 0 Å². The molecule has 7 nitrogen and oxygen atoms in total. The Hall–Kier alpha value is -3.45. The summed E-state index contributed by atoms with van der Waals surface area (Å²) in [6.07, 6.45) is 3.11. The van der Waals surface area contributed by atoms with Crippen molar-refractivity contribution in [3.8, 4) is 11.1 Å². The van der Waals surface area contributed by atoms with Gasteiger partial charge in [-0.3, -0.25) is 9.59 Å². The zero-order valence-corrected chi connectivity index (χ0v) is 15.1. The number of hydrogen-bond donors (Lipinski definition) is 3. The standard InChI is InChI=1S/C19H16ClN5O2/c1-11(26)24-17-9-12(6-7-22-17)13-8-14(18(21)23-10-13)19(27)25-16-5-3-2-4-15(16)20/h2-10H,1H3,(H2,21,23)(H,25,27)(H,22,24,26). The number of rotatable bonds is 4. The monoisotopic (exact) mass is 381 g/mol. The van der Waals surface area contributed by atoms with Gasteiger partial charge in [0.05, 0.1) is 16.3 Å². The van der Waals surface area contributed by atoms with E-state index >= 15 is 0 Å². The molecule has 27 heavy (non-hydrogen) atoms. The number of anilines is 3. The smallest absolute Gasteiger partial charge is 0.259 e. The van der Waals surface area contributed by atoms with E-state index < -0.39 is 5.91 Å². The molecule has 4 N–H and O–H groups in total. The second-order valence-corrected chi connectivity index (χ2v) is 6.11. The summed E-state index contributed by atoms with van der Waals surface area (Å²) in [5.41, 5.74) is 7.96. The molecule has 3 aromatic rings. The van der Waals surface area contributed by atoms with Crippen molar-refractivity contribution in [2.45, 2.75) is 6.92 Å². The summed E-state index contributed by atoms with van der Waals surface area (Å²) in [4.78, 5) is 32.0. The lowest BCUT2D eigenvalue weighted by Crippen LogP contribution is -2.15. The van der Waals surface area contributed by atoms with E-state index in [0.29, 0.717) is 22.1 Å². The second-order valence-electron chi connectivity index (χ2n) is 5.70. The van der Waals surface area contributed by atoms with Gasteiger partial charge >= 0.3 is 0 Å². The Bertz CT molecular complexity index is 1020. The summed E-state index contributed by atoms with van der Waals surface area (Å²) in [6.45, 7) is 1.40. The number of nitrogens with one attached hydrogen (secondary N) is 2. The highest BCUT2D eigenvalue weighted by Crippen LogP contribution is 2.26. The summed E-state index contributed by atoms with van der Waals surface area (Å²) in [6, 6.07) is 12.0. The van der Waals surface area contributed by atoms with Crippen molar-refractivity contribution in [3.63, 3.8) is 0 Å². The Labute approximate surface area is 160 Å². The summed E-state index contributed by atoms with van der Waals surface area (Å²) < 4.78 is 0. The first kappa shape index (κ1) is 18.3. The molecule has 2 amide bonds. The van der Waals surface area contributed by atoms with Gasteiger partial charge < -0.3 is 16.4 Å². The van der Waals surface area contributed by atoms with E-state index in [-0.39, 0.29) is 17.3 Å². The summed E-state index contributed by atoms with van der Waals surface area (Å²) in [5, 5.41) is 5.76. The highest BCUT2D eigenvalue weighted by atomic mass is 35.5. The molecule has 0 saturated heterocycles. The van der Waals surface area contributed by atoms with E-state index in [2.05, 4.69) is 20.6 Å². The molecule has 8 heteroatoms. The first-order valence-corrected chi connectivity index (χ1v) is 8.37. The quantitative estimate of drug-likeness (QED) is 0.639. The van der Waals surface area contributed by atoms with E-state index in [0.717, 1.165) is 5.56 Å². The van der Waals surface area contributed by atoms with Gasteiger partial charge in [-0.15, -0.1) is 0 Å². The van der Waals surface area contributed by atoms with Gasteiger partial charge in [-0.1, -0.05) is 23.7 Å². The van der Waals surface area contributed by atoms with E-state index in [1.54, 1.807) is 54.9 Å². The lowest BCUT2D eigenvalue weighted by molar-refractivity contribution is -0.114. The normalized spacial score (nSPS) is 10.3. The highest BCUT2D eigenvalue weighted by molar-refractivity contribution is 6.34. The third-order valence-corrected chi connectivity index (χ3v) is 4.01. The predicted octanol–water partition coefficient (Wildman–Crippen LogP) is 3.59. The molecule has 0 atom stereocenters. The van der Waals surface area contributed by atoms with Gasteiger partial charge in [0.1, 0.15) is 11.6 Å². The minimum absolute atomic E-state index is 0.0967. The molecule has 136 valence electrons. The number of carbonyl (C=O) groups excluding carboxylic acids is 2. The van der Waals surface area contributed by atoms with E-state index in [4.69, 9.17) is 17.3 Å². The number of nitrogens with zero attached hydrogens (tertiary/aromatic N) is 2. The highest BCUT2D eigenvalue weighted by Gasteiger charge is 2.14. The number of pyridine rings is 2. The fraction of sp³-hybridized carbons (Fsp3) is 0.0526. The van der Waals surface area contributed by atoms with Crippen LogP contribution in [0.5, 0.6) is 0 Å². The number of nitrogen functional groups attached to an aromatic ring is 1. The first-order chi connectivity index (χ1) is 12.9. The van der Waals surface area contributed by atoms with Crippen molar-refractivity contribution in [3.05, 3.63) is 65.4 Å². The number of nitrogens with two attached hydrogens (primary N) is 1. The molecule has 0 radical (unpaired) electrons. The van der Waals surface area contributed by atoms with Crippen molar-refractivity contribution in [1.29, 1.82) is 0 Å². The SMILES string of the molecule is CC(=O)Nc1cc(-c2cnc(N)c(C(=O)Nc3ccccc3Cl)c2)ccn1. The maximum absolute atomic E-state index is 12.6. The summed E-state index contributed by atoms with van der Waals surface area (Å²) in [7, 11) is 0. The Morgan fingerprint density at radius 1 is 1.04 bits per heavy atom. The van der Waals surface area contributed by atoms with Crippen LogP contribution in [0, 0.1) is 0 Å². The summed E-state index contributed by atoms with van der Waals surface area (Å²) in [5.74, 6) is -0.153. The minimum Gasteiger partial charge on any atom is -0.383 e. The molecular weight excluding hydrogens is 366 g/mol. The molecular formula is C19H16ClN5O2. The van der Waals surface area contributed by atoms with E-state index in [1.165, 1.54) is 6.92 Å². The van der Waals surface area contributed by atoms with Gasteiger partial charge in [0.25, 0.3) is 5.91 Å². The largest absolute Gasteiger partial charge is 0.383 e. The third kappa shape index (κ3) is 4.39. The van der Waals surface area contributed by atoms with Crippen LogP contribution in [0.4, 0.5) is 17.3 Å². The third-order valence-electron chi connectivity index (χ3n) is 3.68. The lowest BCUT2D eigenvalue weighted by Gasteiger charge is -2.11. The van der Waals surface area contributed by atoms with Crippen LogP contribution in [0.2, 0.25) is 5.02 Å². The predicted molar refractivity (Wildman–Crippen MR) is 106 cm³/mol. The zero-order chi connectivity index (χ0) is 19.4. The van der Waals surface area contributed by atoms with Crippen LogP contribution >= 0.6 is 11.6 Å². The molecule has 0 aliphatic heterocycles. The van der Waals surface area contributed by atoms with Crippen molar-refractivity contribution >= 4 is 40.7 Å². The molecule has 2 aromatic heterocycles. The van der Waals surface area contributed by atoms with Crippen LogP contribution in [0.15, 0.2) is 54.9 Å². The number of amides is 2.